The van der Waals surface area contributed by atoms with Gasteiger partial charge in [0, 0.05) is 12.8 Å². The lowest BCUT2D eigenvalue weighted by atomic mass is 10.0. The number of carbonyl (C=O) groups is 2. The van der Waals surface area contributed by atoms with Crippen molar-refractivity contribution in [1.82, 2.24) is 0 Å². The molecule has 0 fully saturated rings. The molecule has 5 heteroatoms. The molecule has 5 nitrogen and oxygen atoms in total. The highest BCUT2D eigenvalue weighted by molar-refractivity contribution is 5.69. The van der Waals surface area contributed by atoms with Gasteiger partial charge in [-0.05, 0) is 38.5 Å². The molecule has 0 amide bonds. The van der Waals surface area contributed by atoms with E-state index in [2.05, 4.69) is 27.7 Å². The van der Waals surface area contributed by atoms with E-state index in [1.807, 2.05) is 13.8 Å². The van der Waals surface area contributed by atoms with Gasteiger partial charge in [-0.15, -0.1) is 0 Å². The van der Waals surface area contributed by atoms with Gasteiger partial charge in [0.05, 0.1) is 12.7 Å². The number of rotatable bonds is 18. The van der Waals surface area contributed by atoms with Gasteiger partial charge in [-0.1, -0.05) is 66.2 Å². The van der Waals surface area contributed by atoms with Crippen LogP contribution in [-0.4, -0.2) is 37.4 Å². The summed E-state index contributed by atoms with van der Waals surface area (Å²) in [5, 5.41) is 0. The van der Waals surface area contributed by atoms with Gasteiger partial charge in [-0.3, -0.25) is 9.59 Å². The Morgan fingerprint density at radius 1 is 0.621 bits per heavy atom. The fraction of sp³-hybridized carbons (Fsp3) is 0.917. The SMILES string of the molecule is CC(C)CCCCCC(=O)OCC(C)OCC(C)OC(=O)CCCCCC(C)C. The van der Waals surface area contributed by atoms with Crippen LogP contribution in [0.1, 0.15) is 106 Å². The lowest BCUT2D eigenvalue weighted by Gasteiger charge is -2.18. The van der Waals surface area contributed by atoms with E-state index >= 15 is 0 Å². The Bertz CT molecular complexity index is 419. The smallest absolute Gasteiger partial charge is 0.306 e. The molecular formula is C24H46O5. The first-order chi connectivity index (χ1) is 13.7. The molecule has 2 atom stereocenters. The van der Waals surface area contributed by atoms with Gasteiger partial charge >= 0.3 is 11.9 Å². The molecule has 0 aromatic rings. The second-order valence-electron chi connectivity index (χ2n) is 9.11. The van der Waals surface area contributed by atoms with Crippen LogP contribution in [0, 0.1) is 11.8 Å². The molecule has 0 radical (unpaired) electrons. The van der Waals surface area contributed by atoms with Crippen LogP contribution in [-0.2, 0) is 23.8 Å². The Morgan fingerprint density at radius 2 is 1.14 bits per heavy atom. The Balaban J connectivity index is 3.68. The predicted molar refractivity (Wildman–Crippen MR) is 118 cm³/mol. The molecule has 0 aliphatic heterocycles. The van der Waals surface area contributed by atoms with Gasteiger partial charge in [0.25, 0.3) is 0 Å². The first kappa shape index (κ1) is 27.9. The topological polar surface area (TPSA) is 61.8 Å². The van der Waals surface area contributed by atoms with E-state index in [4.69, 9.17) is 14.2 Å². The minimum atomic E-state index is -0.294. The van der Waals surface area contributed by atoms with E-state index in [-0.39, 0.29) is 30.8 Å². The van der Waals surface area contributed by atoms with Gasteiger partial charge in [0.1, 0.15) is 12.7 Å². The van der Waals surface area contributed by atoms with Crippen molar-refractivity contribution in [1.29, 1.82) is 0 Å². The average molecular weight is 415 g/mol. The molecule has 0 heterocycles. The van der Waals surface area contributed by atoms with Crippen molar-refractivity contribution in [3.63, 3.8) is 0 Å². The summed E-state index contributed by atoms with van der Waals surface area (Å²) >= 11 is 0. The lowest BCUT2D eigenvalue weighted by molar-refractivity contribution is -0.154. The van der Waals surface area contributed by atoms with E-state index in [9.17, 15) is 9.59 Å². The molecule has 0 rings (SSSR count). The van der Waals surface area contributed by atoms with Crippen molar-refractivity contribution < 1.29 is 23.8 Å². The molecule has 172 valence electrons. The molecule has 2 unspecified atom stereocenters. The summed E-state index contributed by atoms with van der Waals surface area (Å²) in [6.45, 7) is 13.1. The number of hydrogen-bond acceptors (Lipinski definition) is 5. The van der Waals surface area contributed by atoms with E-state index in [1.54, 1.807) is 0 Å². The summed E-state index contributed by atoms with van der Waals surface area (Å²) in [6, 6.07) is 0. The molecule has 0 bridgehead atoms. The highest BCUT2D eigenvalue weighted by atomic mass is 16.6. The standard InChI is InChI=1S/C24H46O5/c1-19(2)13-9-7-11-15-23(25)28-17-21(5)27-18-22(6)29-24(26)16-12-8-10-14-20(3)4/h19-22H,7-18H2,1-6H3. The summed E-state index contributed by atoms with van der Waals surface area (Å²) in [5.74, 6) is 1.11. The normalized spacial score (nSPS) is 13.5. The molecular weight excluding hydrogens is 368 g/mol. The highest BCUT2D eigenvalue weighted by Crippen LogP contribution is 2.11. The summed E-state index contributed by atoms with van der Waals surface area (Å²) in [6.07, 6.45) is 9.07. The quantitative estimate of drug-likeness (QED) is 0.201. The van der Waals surface area contributed by atoms with E-state index in [0.717, 1.165) is 43.9 Å². The molecule has 0 N–H and O–H groups in total. The summed E-state index contributed by atoms with van der Waals surface area (Å²) < 4.78 is 16.3. The number of unbranched alkanes of at least 4 members (excludes halogenated alkanes) is 4. The van der Waals surface area contributed by atoms with Gasteiger partial charge in [-0.2, -0.15) is 0 Å². The van der Waals surface area contributed by atoms with E-state index < -0.39 is 0 Å². The lowest BCUT2D eigenvalue weighted by Crippen LogP contribution is -2.26. The maximum absolute atomic E-state index is 11.8. The molecule has 0 spiro atoms. The van der Waals surface area contributed by atoms with Crippen molar-refractivity contribution in [3.05, 3.63) is 0 Å². The van der Waals surface area contributed by atoms with Crippen LogP contribution in [0.3, 0.4) is 0 Å². The van der Waals surface area contributed by atoms with Crippen LogP contribution in [0.4, 0.5) is 0 Å². The Kier molecular flexibility index (Phi) is 17.1. The molecule has 0 aliphatic carbocycles. The maximum Gasteiger partial charge on any atom is 0.306 e. The molecule has 0 saturated heterocycles. The Labute approximate surface area is 179 Å². The summed E-state index contributed by atoms with van der Waals surface area (Å²) in [7, 11) is 0. The fourth-order valence-corrected chi connectivity index (χ4v) is 2.95. The van der Waals surface area contributed by atoms with Crippen LogP contribution in [0.5, 0.6) is 0 Å². The van der Waals surface area contributed by atoms with Gasteiger partial charge in [0.15, 0.2) is 0 Å². The zero-order valence-corrected chi connectivity index (χ0v) is 19.8. The second-order valence-corrected chi connectivity index (χ2v) is 9.11. The molecule has 0 aromatic heterocycles. The number of ether oxygens (including phenoxy) is 3. The zero-order valence-electron chi connectivity index (χ0n) is 19.8. The zero-order chi connectivity index (χ0) is 22.1. The van der Waals surface area contributed by atoms with Crippen LogP contribution < -0.4 is 0 Å². The van der Waals surface area contributed by atoms with Crippen molar-refractivity contribution in [2.24, 2.45) is 11.8 Å². The van der Waals surface area contributed by atoms with Gasteiger partial charge in [-0.25, -0.2) is 0 Å². The van der Waals surface area contributed by atoms with E-state index in [1.165, 1.54) is 19.3 Å². The molecule has 0 saturated carbocycles. The number of carbonyl (C=O) groups excluding carboxylic acids is 2. The van der Waals surface area contributed by atoms with Crippen molar-refractivity contribution in [2.75, 3.05) is 13.2 Å². The first-order valence-corrected chi connectivity index (χ1v) is 11.7. The van der Waals surface area contributed by atoms with Crippen LogP contribution in [0.25, 0.3) is 0 Å². The van der Waals surface area contributed by atoms with Crippen LogP contribution in [0.15, 0.2) is 0 Å². The molecule has 0 aliphatic rings. The molecule has 0 aromatic carbocycles. The Morgan fingerprint density at radius 3 is 1.66 bits per heavy atom. The molecule has 29 heavy (non-hydrogen) atoms. The third kappa shape index (κ3) is 20.0. The second kappa shape index (κ2) is 17.7. The third-order valence-electron chi connectivity index (χ3n) is 4.75. The van der Waals surface area contributed by atoms with Gasteiger partial charge < -0.3 is 14.2 Å². The minimum absolute atomic E-state index is 0.165. The van der Waals surface area contributed by atoms with Crippen molar-refractivity contribution >= 4 is 11.9 Å². The van der Waals surface area contributed by atoms with Crippen molar-refractivity contribution in [3.8, 4) is 0 Å². The summed E-state index contributed by atoms with van der Waals surface area (Å²) in [5.41, 5.74) is 0. The largest absolute Gasteiger partial charge is 0.463 e. The third-order valence-corrected chi connectivity index (χ3v) is 4.75. The highest BCUT2D eigenvalue weighted by Gasteiger charge is 2.13. The Hall–Kier alpha value is -1.10. The predicted octanol–water partition coefficient (Wildman–Crippen LogP) is 6.08. The number of esters is 2. The van der Waals surface area contributed by atoms with Gasteiger partial charge in [0.2, 0.25) is 0 Å². The van der Waals surface area contributed by atoms with Crippen LogP contribution >= 0.6 is 0 Å². The first-order valence-electron chi connectivity index (χ1n) is 11.7. The van der Waals surface area contributed by atoms with Crippen molar-refractivity contribution in [2.45, 2.75) is 118 Å². The monoisotopic (exact) mass is 414 g/mol. The summed E-state index contributed by atoms with van der Waals surface area (Å²) in [4.78, 5) is 23.6. The number of hydrogen-bond donors (Lipinski definition) is 0. The van der Waals surface area contributed by atoms with E-state index in [0.29, 0.717) is 19.4 Å². The average Bonchev–Trinajstić information content (AvgIpc) is 2.63. The fourth-order valence-electron chi connectivity index (χ4n) is 2.95. The maximum atomic E-state index is 11.8. The minimum Gasteiger partial charge on any atom is -0.463 e. The van der Waals surface area contributed by atoms with Crippen LogP contribution in [0.2, 0.25) is 0 Å².